The third-order valence-electron chi connectivity index (χ3n) is 4.56. The molecule has 2 saturated heterocycles. The monoisotopic (exact) mass is 262 g/mol. The van der Waals surface area contributed by atoms with Crippen molar-refractivity contribution in [3.05, 3.63) is 29.6 Å². The zero-order chi connectivity index (χ0) is 13.2. The lowest BCUT2D eigenvalue weighted by Crippen LogP contribution is -2.44. The van der Waals surface area contributed by atoms with Gasteiger partial charge in [-0.25, -0.2) is 4.39 Å². The molecule has 1 atom stereocenters. The molecule has 0 spiro atoms. The lowest BCUT2D eigenvalue weighted by molar-refractivity contribution is 0.162. The molecule has 0 N–H and O–H groups in total. The Morgan fingerprint density at radius 3 is 2.79 bits per heavy atom. The minimum Gasteiger partial charge on any atom is -0.370 e. The van der Waals surface area contributed by atoms with Crippen molar-refractivity contribution < 1.29 is 4.39 Å². The third-order valence-corrected chi connectivity index (χ3v) is 4.56. The van der Waals surface area contributed by atoms with Crippen molar-refractivity contribution in [1.29, 1.82) is 0 Å². The van der Waals surface area contributed by atoms with E-state index in [0.29, 0.717) is 6.04 Å². The molecule has 104 valence electrons. The van der Waals surface area contributed by atoms with Crippen molar-refractivity contribution >= 4 is 5.69 Å². The molecule has 0 saturated carbocycles. The van der Waals surface area contributed by atoms with Gasteiger partial charge in [-0.1, -0.05) is 6.42 Å². The Morgan fingerprint density at radius 1 is 1.11 bits per heavy atom. The topological polar surface area (TPSA) is 6.48 Å². The molecule has 2 nitrogen and oxygen atoms in total. The van der Waals surface area contributed by atoms with Gasteiger partial charge in [0, 0.05) is 31.4 Å². The van der Waals surface area contributed by atoms with Gasteiger partial charge in [0.05, 0.1) is 0 Å². The maximum atomic E-state index is 13.4. The fraction of sp³-hybridized carbons (Fsp3) is 0.625. The predicted molar refractivity (Wildman–Crippen MR) is 77.2 cm³/mol. The van der Waals surface area contributed by atoms with Gasteiger partial charge in [0.15, 0.2) is 0 Å². The molecule has 2 fully saturated rings. The van der Waals surface area contributed by atoms with Gasteiger partial charge in [0.1, 0.15) is 5.82 Å². The Kier molecular flexibility index (Phi) is 3.74. The van der Waals surface area contributed by atoms with Crippen LogP contribution in [0.25, 0.3) is 0 Å². The second-order valence-electron chi connectivity index (χ2n) is 5.92. The van der Waals surface area contributed by atoms with E-state index in [4.69, 9.17) is 0 Å². The molecule has 3 heteroatoms. The van der Waals surface area contributed by atoms with E-state index in [0.717, 1.165) is 18.7 Å². The number of aryl methyl sites for hydroxylation is 1. The van der Waals surface area contributed by atoms with Gasteiger partial charge in [-0.2, -0.15) is 0 Å². The molecule has 0 radical (unpaired) electrons. The zero-order valence-electron chi connectivity index (χ0n) is 11.7. The average molecular weight is 262 g/mol. The molecule has 2 aliphatic rings. The first-order valence-corrected chi connectivity index (χ1v) is 7.49. The van der Waals surface area contributed by atoms with Crippen LogP contribution in [0.3, 0.4) is 0 Å². The molecule has 3 rings (SSSR count). The summed E-state index contributed by atoms with van der Waals surface area (Å²) in [6, 6.07) is 6.23. The highest BCUT2D eigenvalue weighted by molar-refractivity contribution is 5.49. The zero-order valence-corrected chi connectivity index (χ0v) is 11.7. The minimum atomic E-state index is -0.0992. The Balaban J connectivity index is 1.78. The fourth-order valence-corrected chi connectivity index (χ4v) is 3.43. The maximum Gasteiger partial charge on any atom is 0.126 e. The molecular weight excluding hydrogens is 239 g/mol. The van der Waals surface area contributed by atoms with Crippen LogP contribution in [0.1, 0.15) is 31.2 Å². The summed E-state index contributed by atoms with van der Waals surface area (Å²) in [5, 5.41) is 0. The van der Waals surface area contributed by atoms with Gasteiger partial charge in [0.25, 0.3) is 0 Å². The number of piperidine rings is 1. The van der Waals surface area contributed by atoms with Gasteiger partial charge >= 0.3 is 0 Å². The van der Waals surface area contributed by atoms with E-state index in [2.05, 4.69) is 9.80 Å². The minimum absolute atomic E-state index is 0.0992. The maximum absolute atomic E-state index is 13.4. The summed E-state index contributed by atoms with van der Waals surface area (Å²) in [7, 11) is 0. The summed E-state index contributed by atoms with van der Waals surface area (Å²) >= 11 is 0. The highest BCUT2D eigenvalue weighted by Crippen LogP contribution is 2.25. The van der Waals surface area contributed by atoms with Gasteiger partial charge in [-0.05, 0) is 56.5 Å². The smallest absolute Gasteiger partial charge is 0.126 e. The van der Waals surface area contributed by atoms with E-state index < -0.39 is 0 Å². The normalized spacial score (nSPS) is 24.9. The van der Waals surface area contributed by atoms with Crippen molar-refractivity contribution in [1.82, 2.24) is 4.90 Å². The molecule has 0 aromatic heterocycles. The van der Waals surface area contributed by atoms with Crippen LogP contribution in [0.2, 0.25) is 0 Å². The van der Waals surface area contributed by atoms with E-state index in [1.165, 1.54) is 44.5 Å². The Labute approximate surface area is 115 Å². The molecule has 19 heavy (non-hydrogen) atoms. The highest BCUT2D eigenvalue weighted by Gasteiger charge is 2.27. The predicted octanol–water partition coefficient (Wildman–Crippen LogP) is 3.20. The van der Waals surface area contributed by atoms with E-state index in [9.17, 15) is 4.39 Å². The van der Waals surface area contributed by atoms with E-state index in [-0.39, 0.29) is 5.82 Å². The summed E-state index contributed by atoms with van der Waals surface area (Å²) in [5.41, 5.74) is 1.94. The average Bonchev–Trinajstić information content (AvgIpc) is 2.64. The molecule has 2 heterocycles. The van der Waals surface area contributed by atoms with Crippen molar-refractivity contribution in [3.63, 3.8) is 0 Å². The van der Waals surface area contributed by atoms with Crippen LogP contribution >= 0.6 is 0 Å². The number of benzene rings is 1. The molecular formula is C16H23FN2. The summed E-state index contributed by atoms with van der Waals surface area (Å²) in [4.78, 5) is 5.10. The number of halogens is 1. The molecule has 1 aromatic rings. The van der Waals surface area contributed by atoms with E-state index >= 15 is 0 Å². The molecule has 1 aromatic carbocycles. The van der Waals surface area contributed by atoms with Crippen LogP contribution in [0, 0.1) is 12.7 Å². The standard InChI is InChI=1S/C16H23FN2/c1-13-11-14(6-7-16(13)17)19-10-4-9-18-8-3-2-5-15(18)12-19/h6-7,11,15H,2-5,8-10,12H2,1H3. The molecule has 1 unspecified atom stereocenters. The highest BCUT2D eigenvalue weighted by atomic mass is 19.1. The third kappa shape index (κ3) is 2.76. The van der Waals surface area contributed by atoms with Gasteiger partial charge in [-0.15, -0.1) is 0 Å². The van der Waals surface area contributed by atoms with Crippen molar-refractivity contribution in [2.45, 2.75) is 38.6 Å². The first-order valence-electron chi connectivity index (χ1n) is 7.49. The number of nitrogens with zero attached hydrogens (tertiary/aromatic N) is 2. The van der Waals surface area contributed by atoms with Crippen LogP contribution in [0.5, 0.6) is 0 Å². The van der Waals surface area contributed by atoms with Crippen molar-refractivity contribution in [3.8, 4) is 0 Å². The summed E-state index contributed by atoms with van der Waals surface area (Å²) < 4.78 is 13.4. The Bertz CT molecular complexity index is 446. The number of hydrogen-bond donors (Lipinski definition) is 0. The number of hydrogen-bond acceptors (Lipinski definition) is 2. The number of fused-ring (bicyclic) bond motifs is 1. The molecule has 2 aliphatic heterocycles. The second kappa shape index (κ2) is 5.49. The fourth-order valence-electron chi connectivity index (χ4n) is 3.43. The van der Waals surface area contributed by atoms with Gasteiger partial charge in [0.2, 0.25) is 0 Å². The van der Waals surface area contributed by atoms with Crippen molar-refractivity contribution in [2.75, 3.05) is 31.1 Å². The molecule has 0 bridgehead atoms. The van der Waals surface area contributed by atoms with E-state index in [1.54, 1.807) is 6.07 Å². The molecule has 0 amide bonds. The summed E-state index contributed by atoms with van der Waals surface area (Å²) in [5.74, 6) is -0.0992. The van der Waals surface area contributed by atoms with Crippen LogP contribution in [-0.2, 0) is 0 Å². The molecule has 0 aliphatic carbocycles. The van der Waals surface area contributed by atoms with Crippen LogP contribution in [-0.4, -0.2) is 37.1 Å². The summed E-state index contributed by atoms with van der Waals surface area (Å²) in [6.45, 7) is 6.54. The lowest BCUT2D eigenvalue weighted by atomic mass is 10.0. The Hall–Kier alpha value is -1.09. The van der Waals surface area contributed by atoms with Crippen LogP contribution < -0.4 is 4.90 Å². The number of anilines is 1. The second-order valence-corrected chi connectivity index (χ2v) is 5.92. The first kappa shape index (κ1) is 12.9. The largest absolute Gasteiger partial charge is 0.370 e. The van der Waals surface area contributed by atoms with Gasteiger partial charge < -0.3 is 4.90 Å². The lowest BCUT2D eigenvalue weighted by Gasteiger charge is -2.36. The van der Waals surface area contributed by atoms with Gasteiger partial charge in [-0.3, -0.25) is 4.90 Å². The Morgan fingerprint density at radius 2 is 1.95 bits per heavy atom. The van der Waals surface area contributed by atoms with E-state index in [1.807, 2.05) is 19.1 Å². The quantitative estimate of drug-likeness (QED) is 0.767. The number of rotatable bonds is 1. The summed E-state index contributed by atoms with van der Waals surface area (Å²) in [6.07, 6.45) is 5.24. The first-order chi connectivity index (χ1) is 9.24. The van der Waals surface area contributed by atoms with Crippen LogP contribution in [0.4, 0.5) is 10.1 Å². The SMILES string of the molecule is Cc1cc(N2CCCN3CCCCC3C2)ccc1F. The van der Waals surface area contributed by atoms with Crippen molar-refractivity contribution in [2.24, 2.45) is 0 Å². The van der Waals surface area contributed by atoms with Crippen LogP contribution in [0.15, 0.2) is 18.2 Å².